The minimum atomic E-state index is -0.630. The number of hydrogen-bond acceptors (Lipinski definition) is 0. The van der Waals surface area contributed by atoms with Crippen LogP contribution < -0.4 is 0 Å². The zero-order valence-electron chi connectivity index (χ0n) is 21.9. The van der Waals surface area contributed by atoms with Crippen LogP contribution in [0.5, 0.6) is 0 Å². The van der Waals surface area contributed by atoms with Crippen molar-refractivity contribution in [3.05, 3.63) is 0 Å². The Morgan fingerprint density at radius 1 is 0.300 bits per heavy atom. The second kappa shape index (κ2) is 26.5. The van der Waals surface area contributed by atoms with Gasteiger partial charge in [0.15, 0.2) is 0 Å². The van der Waals surface area contributed by atoms with Crippen LogP contribution in [-0.2, 0) is 0 Å². The summed E-state index contributed by atoms with van der Waals surface area (Å²) in [7, 11) is -0.630. The SMILES string of the molecule is CCCCCCCCCCCCCCCC[P+](CCCC)(CCCC)CCCC.[Sb+3]. The van der Waals surface area contributed by atoms with Crippen molar-refractivity contribution in [2.45, 2.75) is 156 Å². The summed E-state index contributed by atoms with van der Waals surface area (Å²) >= 11 is 0. The quantitative estimate of drug-likeness (QED) is 0.0638. The number of unbranched alkanes of at least 4 members (excludes halogenated alkanes) is 16. The predicted molar refractivity (Wildman–Crippen MR) is 147 cm³/mol. The third-order valence-corrected chi connectivity index (χ3v) is 12.0. The van der Waals surface area contributed by atoms with Gasteiger partial charge in [-0.05, 0) is 32.1 Å². The van der Waals surface area contributed by atoms with Crippen LogP contribution in [0, 0.1) is 0 Å². The minimum absolute atomic E-state index is 0. The van der Waals surface area contributed by atoms with Crippen molar-refractivity contribution in [1.29, 1.82) is 0 Å². The van der Waals surface area contributed by atoms with E-state index in [1.54, 1.807) is 31.1 Å². The van der Waals surface area contributed by atoms with Crippen LogP contribution in [-0.4, -0.2) is 49.1 Å². The molecule has 0 atom stereocenters. The van der Waals surface area contributed by atoms with Gasteiger partial charge in [-0.3, -0.25) is 0 Å². The zero-order chi connectivity index (χ0) is 21.5. The first-order valence-electron chi connectivity index (χ1n) is 14.1. The third-order valence-electron chi connectivity index (χ3n) is 6.94. The smallest absolute Gasteiger partial charge is 0.0654 e. The Morgan fingerprint density at radius 2 is 0.533 bits per heavy atom. The van der Waals surface area contributed by atoms with Gasteiger partial charge in [0.25, 0.3) is 0 Å². The molecule has 30 heavy (non-hydrogen) atoms. The molecule has 0 amide bonds. The molecule has 0 spiro atoms. The molecule has 0 unspecified atom stereocenters. The van der Waals surface area contributed by atoms with E-state index in [0.29, 0.717) is 0 Å². The maximum Gasteiger partial charge on any atom is 3.00 e. The molecule has 0 bridgehead atoms. The Morgan fingerprint density at radius 3 is 0.833 bits per heavy atom. The summed E-state index contributed by atoms with van der Waals surface area (Å²) in [5, 5.41) is 0. The van der Waals surface area contributed by atoms with Crippen molar-refractivity contribution in [3.8, 4) is 0 Å². The summed E-state index contributed by atoms with van der Waals surface area (Å²) in [5.41, 5.74) is 0. The standard InChI is InChI=1S/C28H60P.Sb/c1-5-9-13-14-15-16-17-18-19-20-21-22-23-24-28-29(25-10-6-2,26-11-7-3)27-12-8-4;/h5-28H2,1-4H3;/q+1;+3. The van der Waals surface area contributed by atoms with Gasteiger partial charge in [-0.15, -0.1) is 0 Å². The summed E-state index contributed by atoms with van der Waals surface area (Å²) in [6.45, 7) is 9.48. The monoisotopic (exact) mass is 548 g/mol. The molecule has 0 aromatic heterocycles. The van der Waals surface area contributed by atoms with E-state index in [-0.39, 0.29) is 24.4 Å². The van der Waals surface area contributed by atoms with Crippen molar-refractivity contribution < 1.29 is 0 Å². The number of hydrogen-bond donors (Lipinski definition) is 0. The topological polar surface area (TPSA) is 0 Å². The van der Waals surface area contributed by atoms with Crippen molar-refractivity contribution in [1.82, 2.24) is 0 Å². The Hall–Kier alpha value is 1.25. The van der Waals surface area contributed by atoms with Gasteiger partial charge in [0.2, 0.25) is 0 Å². The van der Waals surface area contributed by atoms with Crippen LogP contribution in [0.15, 0.2) is 0 Å². The van der Waals surface area contributed by atoms with E-state index in [4.69, 9.17) is 0 Å². The summed E-state index contributed by atoms with van der Waals surface area (Å²) in [4.78, 5) is 0. The molecule has 0 aromatic rings. The first-order valence-corrected chi connectivity index (χ1v) is 16.6. The van der Waals surface area contributed by atoms with Crippen molar-refractivity contribution in [2.24, 2.45) is 0 Å². The van der Waals surface area contributed by atoms with E-state index in [1.807, 2.05) is 0 Å². The second-order valence-electron chi connectivity index (χ2n) is 9.89. The average molecular weight is 550 g/mol. The molecule has 0 fully saturated rings. The Balaban J connectivity index is 0. The molecule has 2 heteroatoms. The van der Waals surface area contributed by atoms with Gasteiger partial charge >= 0.3 is 24.4 Å². The molecule has 0 N–H and O–H groups in total. The fourth-order valence-corrected chi connectivity index (χ4v) is 9.99. The van der Waals surface area contributed by atoms with Crippen molar-refractivity contribution in [3.63, 3.8) is 0 Å². The molecule has 0 heterocycles. The van der Waals surface area contributed by atoms with E-state index >= 15 is 0 Å². The van der Waals surface area contributed by atoms with Gasteiger partial charge in [0.05, 0.1) is 24.6 Å². The molecule has 2 radical (unpaired) electrons. The minimum Gasteiger partial charge on any atom is -0.0654 e. The average Bonchev–Trinajstić information content (AvgIpc) is 2.74. The van der Waals surface area contributed by atoms with E-state index < -0.39 is 7.26 Å². The fourth-order valence-electron chi connectivity index (χ4n) is 4.79. The summed E-state index contributed by atoms with van der Waals surface area (Å²) in [5.74, 6) is 0. The molecule has 0 saturated heterocycles. The normalized spacial score (nSPS) is 11.6. The van der Waals surface area contributed by atoms with Crippen LogP contribution in [0.25, 0.3) is 0 Å². The van der Waals surface area contributed by atoms with Crippen molar-refractivity contribution >= 4 is 31.7 Å². The predicted octanol–water partition coefficient (Wildman–Crippen LogP) is 10.5. The van der Waals surface area contributed by atoms with Gasteiger partial charge in [-0.25, -0.2) is 0 Å². The van der Waals surface area contributed by atoms with Crippen LogP contribution in [0.2, 0.25) is 0 Å². The first-order chi connectivity index (χ1) is 14.2. The van der Waals surface area contributed by atoms with E-state index in [9.17, 15) is 0 Å². The fraction of sp³-hybridized carbons (Fsp3) is 1.00. The Labute approximate surface area is 211 Å². The summed E-state index contributed by atoms with van der Waals surface area (Å²) in [6.07, 6.45) is 36.0. The largest absolute Gasteiger partial charge is 3.00 e. The van der Waals surface area contributed by atoms with E-state index in [1.165, 1.54) is 122 Å². The van der Waals surface area contributed by atoms with Crippen LogP contribution in [0.3, 0.4) is 0 Å². The van der Waals surface area contributed by atoms with Gasteiger partial charge in [-0.2, -0.15) is 0 Å². The molecular weight excluding hydrogens is 489 g/mol. The molecule has 0 aliphatic heterocycles. The first kappa shape index (κ1) is 33.4. The molecular formula is C28H60PSb+4. The van der Waals surface area contributed by atoms with E-state index in [0.717, 1.165) is 0 Å². The zero-order valence-corrected chi connectivity index (χ0v) is 25.3. The molecule has 0 rings (SSSR count). The third kappa shape index (κ3) is 21.1. The molecule has 0 aliphatic rings. The maximum atomic E-state index is 2.39. The van der Waals surface area contributed by atoms with Gasteiger partial charge in [0, 0.05) is 7.26 Å². The second-order valence-corrected chi connectivity index (χ2v) is 14.4. The molecule has 178 valence electrons. The Kier molecular flexibility index (Phi) is 29.5. The summed E-state index contributed by atoms with van der Waals surface area (Å²) < 4.78 is 0. The van der Waals surface area contributed by atoms with Crippen molar-refractivity contribution in [2.75, 3.05) is 24.6 Å². The number of rotatable bonds is 24. The molecule has 0 nitrogen and oxygen atoms in total. The Bertz CT molecular complexity index is 283. The van der Waals surface area contributed by atoms with Crippen LogP contribution >= 0.6 is 7.26 Å². The van der Waals surface area contributed by atoms with Crippen LogP contribution in [0.1, 0.15) is 156 Å². The molecule has 0 aromatic carbocycles. The maximum absolute atomic E-state index is 2.39. The molecule has 0 saturated carbocycles. The van der Waals surface area contributed by atoms with Gasteiger partial charge < -0.3 is 0 Å². The molecule has 0 aliphatic carbocycles. The summed E-state index contributed by atoms with van der Waals surface area (Å²) in [6, 6.07) is 0. The van der Waals surface area contributed by atoms with Gasteiger partial charge in [0.1, 0.15) is 0 Å². The van der Waals surface area contributed by atoms with E-state index in [2.05, 4.69) is 27.7 Å². The van der Waals surface area contributed by atoms with Gasteiger partial charge in [-0.1, -0.05) is 124 Å². The van der Waals surface area contributed by atoms with Crippen LogP contribution in [0.4, 0.5) is 0 Å².